The topological polar surface area (TPSA) is 112 Å². The highest BCUT2D eigenvalue weighted by atomic mass is 35.5. The van der Waals surface area contributed by atoms with Crippen LogP contribution in [0.3, 0.4) is 0 Å². The molecule has 230 valence electrons. The summed E-state index contributed by atoms with van der Waals surface area (Å²) in [6.45, 7) is 0.951. The van der Waals surface area contributed by atoms with E-state index in [0.29, 0.717) is 18.5 Å². The number of fused-ring (bicyclic) bond motifs is 1. The molecule has 0 spiro atoms. The Morgan fingerprint density at radius 3 is 2.65 bits per heavy atom. The minimum atomic E-state index is -0.659. The van der Waals surface area contributed by atoms with Crippen molar-refractivity contribution in [1.82, 2.24) is 14.8 Å². The Morgan fingerprint density at radius 2 is 1.88 bits per heavy atom. The highest BCUT2D eigenvalue weighted by Gasteiger charge is 2.31. The standard InChI is InChI=1S/C31H36ClFN4O6/c1-36-28-8-4-3-7-24(28)29(35-36)30(39)34-27-16-26(33)20(15-25(27)32)14-22(38)18-43-37-13-5-6-21(37)17-42-23-11-9-19(10-12-23)31(40)41-2/h3-4,7-8,15-16,19,21,23H,5-6,9-14,17-18H2,1-2H3,(H,34,39)/t19?,21-,23?/m0/s1. The zero-order valence-corrected chi connectivity index (χ0v) is 25.1. The van der Waals surface area contributed by atoms with Crippen molar-refractivity contribution < 1.29 is 33.1 Å². The molecule has 43 heavy (non-hydrogen) atoms. The second-order valence-corrected chi connectivity index (χ2v) is 11.5. The zero-order chi connectivity index (χ0) is 30.5. The van der Waals surface area contributed by atoms with Gasteiger partial charge in [-0.15, -0.1) is 0 Å². The molecule has 1 saturated heterocycles. The fourth-order valence-corrected chi connectivity index (χ4v) is 6.06. The van der Waals surface area contributed by atoms with Gasteiger partial charge in [-0.25, -0.2) is 4.39 Å². The number of rotatable bonds is 11. The van der Waals surface area contributed by atoms with Crippen molar-refractivity contribution in [3.63, 3.8) is 0 Å². The smallest absolute Gasteiger partial charge is 0.308 e. The molecule has 0 radical (unpaired) electrons. The minimum Gasteiger partial charge on any atom is -0.469 e. The number of para-hydroxylation sites is 1. The van der Waals surface area contributed by atoms with Crippen LogP contribution in [-0.2, 0) is 37.4 Å². The number of aryl methyl sites for hydroxylation is 1. The van der Waals surface area contributed by atoms with Gasteiger partial charge >= 0.3 is 5.97 Å². The summed E-state index contributed by atoms with van der Waals surface area (Å²) < 4.78 is 27.6. The average Bonchev–Trinajstić information content (AvgIpc) is 3.61. The number of esters is 1. The maximum absolute atomic E-state index is 15.0. The lowest BCUT2D eigenvalue weighted by atomic mass is 9.87. The molecule has 1 aliphatic heterocycles. The van der Waals surface area contributed by atoms with Crippen molar-refractivity contribution in [3.8, 4) is 0 Å². The number of ether oxygens (including phenoxy) is 2. The molecule has 2 aromatic carbocycles. The van der Waals surface area contributed by atoms with Gasteiger partial charge in [-0.2, -0.15) is 10.2 Å². The maximum Gasteiger partial charge on any atom is 0.308 e. The molecule has 0 bridgehead atoms. The van der Waals surface area contributed by atoms with E-state index in [1.165, 1.54) is 13.2 Å². The number of hydroxylamine groups is 2. The average molecular weight is 615 g/mol. The van der Waals surface area contributed by atoms with E-state index in [2.05, 4.69) is 10.4 Å². The lowest BCUT2D eigenvalue weighted by Crippen LogP contribution is -2.37. The molecule has 2 fully saturated rings. The molecule has 2 heterocycles. The second kappa shape index (κ2) is 13.9. The van der Waals surface area contributed by atoms with Crippen LogP contribution in [0.15, 0.2) is 36.4 Å². The van der Waals surface area contributed by atoms with Crippen molar-refractivity contribution in [3.05, 3.63) is 58.5 Å². The Balaban J connectivity index is 1.10. The van der Waals surface area contributed by atoms with Gasteiger partial charge in [0.05, 0.1) is 48.0 Å². The minimum absolute atomic E-state index is 0.0245. The van der Waals surface area contributed by atoms with Crippen molar-refractivity contribution in [2.75, 3.05) is 32.2 Å². The van der Waals surface area contributed by atoms with Gasteiger partial charge in [-0.1, -0.05) is 29.8 Å². The Bertz CT molecular complexity index is 1490. The van der Waals surface area contributed by atoms with Crippen LogP contribution in [0.5, 0.6) is 0 Å². The van der Waals surface area contributed by atoms with Crippen LogP contribution in [-0.4, -0.2) is 71.5 Å². The van der Waals surface area contributed by atoms with Crippen LogP contribution in [0.25, 0.3) is 10.9 Å². The number of nitrogens with zero attached hydrogens (tertiary/aromatic N) is 3. The van der Waals surface area contributed by atoms with E-state index in [4.69, 9.17) is 25.9 Å². The fourth-order valence-electron chi connectivity index (χ4n) is 5.83. The molecule has 12 heteroatoms. The number of Topliss-reactive ketones (excluding diaryl/α,β-unsaturated/α-hetero) is 1. The first kappa shape index (κ1) is 31.1. The molecule has 2 aliphatic rings. The van der Waals surface area contributed by atoms with Crippen LogP contribution >= 0.6 is 11.6 Å². The van der Waals surface area contributed by atoms with E-state index in [9.17, 15) is 18.8 Å². The van der Waals surface area contributed by atoms with Crippen LogP contribution in [0.1, 0.15) is 54.6 Å². The van der Waals surface area contributed by atoms with Crippen LogP contribution < -0.4 is 5.32 Å². The van der Waals surface area contributed by atoms with Gasteiger partial charge in [0.1, 0.15) is 12.4 Å². The molecule has 10 nitrogen and oxygen atoms in total. The molecule has 1 amide bonds. The molecular formula is C31H36ClFN4O6. The van der Waals surface area contributed by atoms with Crippen molar-refractivity contribution in [2.45, 2.75) is 57.1 Å². The first-order valence-corrected chi connectivity index (χ1v) is 14.9. The lowest BCUT2D eigenvalue weighted by Gasteiger charge is -2.29. The quantitative estimate of drug-likeness (QED) is 0.304. The zero-order valence-electron chi connectivity index (χ0n) is 24.3. The molecule has 3 aromatic rings. The Kier molecular flexibility index (Phi) is 10.1. The number of amides is 1. The summed E-state index contributed by atoms with van der Waals surface area (Å²) in [4.78, 5) is 43.2. The number of methoxy groups -OCH3 is 1. The first-order valence-electron chi connectivity index (χ1n) is 14.5. The summed E-state index contributed by atoms with van der Waals surface area (Å²) in [7, 11) is 3.15. The summed E-state index contributed by atoms with van der Waals surface area (Å²) in [6.07, 6.45) is 4.82. The van der Waals surface area contributed by atoms with Gasteiger partial charge in [-0.3, -0.25) is 23.9 Å². The summed E-state index contributed by atoms with van der Waals surface area (Å²) in [5, 5.41) is 9.46. The molecule has 1 aliphatic carbocycles. The Labute approximate surface area is 254 Å². The summed E-state index contributed by atoms with van der Waals surface area (Å²) in [5.74, 6) is -1.69. The van der Waals surface area contributed by atoms with Crippen LogP contribution in [0.4, 0.5) is 10.1 Å². The molecule has 1 atom stereocenters. The Morgan fingerprint density at radius 1 is 1.12 bits per heavy atom. The van der Waals surface area contributed by atoms with Crippen molar-refractivity contribution >= 4 is 45.9 Å². The number of carbonyl (C=O) groups is 3. The lowest BCUT2D eigenvalue weighted by molar-refractivity contribution is -0.186. The van der Waals surface area contributed by atoms with Gasteiger partial charge in [0.15, 0.2) is 11.5 Å². The molecule has 0 unspecified atom stereocenters. The van der Waals surface area contributed by atoms with Gasteiger partial charge < -0.3 is 14.8 Å². The first-order chi connectivity index (χ1) is 20.7. The van der Waals surface area contributed by atoms with Crippen molar-refractivity contribution in [2.24, 2.45) is 13.0 Å². The predicted molar refractivity (Wildman–Crippen MR) is 158 cm³/mol. The van der Waals surface area contributed by atoms with E-state index in [-0.39, 0.29) is 64.8 Å². The number of benzene rings is 2. The third kappa shape index (κ3) is 7.41. The van der Waals surface area contributed by atoms with Crippen LogP contribution in [0.2, 0.25) is 5.02 Å². The largest absolute Gasteiger partial charge is 0.469 e. The SMILES string of the molecule is COC(=O)C1CCC(OC[C@@H]2CCCN2OCC(=O)Cc2cc(Cl)c(NC(=O)c3nn(C)c4ccccc34)cc2F)CC1. The molecular weight excluding hydrogens is 579 g/mol. The maximum atomic E-state index is 15.0. The fraction of sp³-hybridized carbons (Fsp3) is 0.484. The highest BCUT2D eigenvalue weighted by Crippen LogP contribution is 2.29. The normalized spacial score (nSPS) is 20.8. The Hall–Kier alpha value is -3.38. The number of halogens is 2. The summed E-state index contributed by atoms with van der Waals surface area (Å²) in [6, 6.07) is 9.78. The predicted octanol–water partition coefficient (Wildman–Crippen LogP) is 4.87. The van der Waals surface area contributed by atoms with E-state index in [1.807, 2.05) is 18.2 Å². The highest BCUT2D eigenvalue weighted by molar-refractivity contribution is 6.34. The van der Waals surface area contributed by atoms with Gasteiger partial charge in [0.25, 0.3) is 5.91 Å². The number of hydrogen-bond donors (Lipinski definition) is 1. The monoisotopic (exact) mass is 614 g/mol. The van der Waals surface area contributed by atoms with Gasteiger partial charge in [0, 0.05) is 25.4 Å². The molecule has 5 rings (SSSR count). The van der Waals surface area contributed by atoms with Crippen molar-refractivity contribution in [1.29, 1.82) is 0 Å². The van der Waals surface area contributed by atoms with Gasteiger partial charge in [0.2, 0.25) is 0 Å². The number of anilines is 1. The number of hydrogen-bond acceptors (Lipinski definition) is 8. The van der Waals surface area contributed by atoms with Crippen LogP contribution in [0, 0.1) is 11.7 Å². The van der Waals surface area contributed by atoms with E-state index in [0.717, 1.165) is 50.1 Å². The molecule has 1 N–H and O–H groups in total. The number of nitrogens with one attached hydrogen (secondary N) is 1. The molecule has 1 saturated carbocycles. The third-order valence-electron chi connectivity index (χ3n) is 8.19. The number of aromatic nitrogens is 2. The second-order valence-electron chi connectivity index (χ2n) is 11.1. The van der Waals surface area contributed by atoms with Gasteiger partial charge in [-0.05, 0) is 62.3 Å². The number of ketones is 1. The molecule has 1 aromatic heterocycles. The number of carbonyl (C=O) groups excluding carboxylic acids is 3. The summed E-state index contributed by atoms with van der Waals surface area (Å²) >= 11 is 6.37. The third-order valence-corrected chi connectivity index (χ3v) is 8.51. The van der Waals surface area contributed by atoms with E-state index < -0.39 is 11.7 Å². The van der Waals surface area contributed by atoms with E-state index in [1.54, 1.807) is 22.9 Å². The van der Waals surface area contributed by atoms with E-state index >= 15 is 0 Å². The summed E-state index contributed by atoms with van der Waals surface area (Å²) in [5.41, 5.74) is 1.18.